The first-order valence-electron chi connectivity index (χ1n) is 6.21. The summed E-state index contributed by atoms with van der Waals surface area (Å²) in [6.45, 7) is 9.64. The fourth-order valence-corrected chi connectivity index (χ4v) is 2.14. The van der Waals surface area contributed by atoms with E-state index in [9.17, 15) is 9.90 Å². The maximum absolute atomic E-state index is 11.3. The van der Waals surface area contributed by atoms with Gasteiger partial charge in [-0.15, -0.1) is 0 Å². The van der Waals surface area contributed by atoms with Crippen molar-refractivity contribution in [2.75, 3.05) is 7.05 Å². The van der Waals surface area contributed by atoms with Crippen molar-refractivity contribution in [2.45, 2.75) is 46.2 Å². The van der Waals surface area contributed by atoms with Gasteiger partial charge in [0.1, 0.15) is 5.54 Å². The van der Waals surface area contributed by atoms with Crippen molar-refractivity contribution in [3.8, 4) is 0 Å². The fourth-order valence-electron chi connectivity index (χ4n) is 2.14. The molecular weight excluding hydrogens is 226 g/mol. The maximum Gasteiger partial charge on any atom is 0.323 e. The first-order chi connectivity index (χ1) is 8.17. The van der Waals surface area contributed by atoms with E-state index >= 15 is 0 Å². The molecule has 18 heavy (non-hydrogen) atoms. The molecule has 1 N–H and O–H groups in total. The maximum atomic E-state index is 11.3. The van der Waals surface area contributed by atoms with E-state index < -0.39 is 11.5 Å². The molecule has 0 aliphatic carbocycles. The molecule has 0 saturated heterocycles. The standard InChI is InChI=1S/C15H23NO2/c1-10-7-8-13(11(2)9-10)12(3)16(6)15(4,5)14(17)18/h7-9,12H,1-6H3,(H,17,18). The monoisotopic (exact) mass is 249 g/mol. The molecule has 0 radical (unpaired) electrons. The quantitative estimate of drug-likeness (QED) is 0.891. The van der Waals surface area contributed by atoms with Crippen LogP contribution in [0.15, 0.2) is 18.2 Å². The van der Waals surface area contributed by atoms with Gasteiger partial charge in [0.25, 0.3) is 0 Å². The summed E-state index contributed by atoms with van der Waals surface area (Å²) in [4.78, 5) is 13.2. The van der Waals surface area contributed by atoms with Crippen molar-refractivity contribution in [1.29, 1.82) is 0 Å². The lowest BCUT2D eigenvalue weighted by Gasteiger charge is -2.37. The van der Waals surface area contributed by atoms with E-state index in [0.29, 0.717) is 0 Å². The molecule has 0 aliphatic rings. The highest BCUT2D eigenvalue weighted by atomic mass is 16.4. The Morgan fingerprint density at radius 3 is 2.33 bits per heavy atom. The molecule has 0 heterocycles. The molecule has 1 aromatic rings. The predicted octanol–water partition coefficient (Wildman–Crippen LogP) is 3.16. The second-order valence-electron chi connectivity index (χ2n) is 5.51. The zero-order chi connectivity index (χ0) is 14.1. The summed E-state index contributed by atoms with van der Waals surface area (Å²) in [6.07, 6.45) is 0. The number of aryl methyl sites for hydroxylation is 2. The molecule has 0 aliphatic heterocycles. The average Bonchev–Trinajstić information content (AvgIpc) is 2.26. The van der Waals surface area contributed by atoms with Crippen molar-refractivity contribution in [2.24, 2.45) is 0 Å². The number of benzene rings is 1. The third kappa shape index (κ3) is 2.72. The molecule has 0 fully saturated rings. The molecule has 0 amide bonds. The van der Waals surface area contributed by atoms with Crippen LogP contribution in [0.3, 0.4) is 0 Å². The number of aliphatic carboxylic acids is 1. The Labute approximate surface area is 109 Å². The lowest BCUT2D eigenvalue weighted by Crippen LogP contribution is -2.48. The van der Waals surface area contributed by atoms with Gasteiger partial charge in [-0.1, -0.05) is 23.8 Å². The minimum Gasteiger partial charge on any atom is -0.480 e. The van der Waals surface area contributed by atoms with Crippen LogP contribution in [0.2, 0.25) is 0 Å². The fraction of sp³-hybridized carbons (Fsp3) is 0.533. The summed E-state index contributed by atoms with van der Waals surface area (Å²) in [5, 5.41) is 9.28. The average molecular weight is 249 g/mol. The SMILES string of the molecule is Cc1ccc(C(C)N(C)C(C)(C)C(=O)O)c(C)c1. The molecule has 0 saturated carbocycles. The Morgan fingerprint density at radius 2 is 1.89 bits per heavy atom. The Hall–Kier alpha value is -1.35. The van der Waals surface area contributed by atoms with E-state index in [1.165, 1.54) is 16.7 Å². The van der Waals surface area contributed by atoms with Gasteiger partial charge in [0.2, 0.25) is 0 Å². The summed E-state index contributed by atoms with van der Waals surface area (Å²) in [7, 11) is 1.86. The molecule has 3 nitrogen and oxygen atoms in total. The van der Waals surface area contributed by atoms with E-state index in [4.69, 9.17) is 0 Å². The van der Waals surface area contributed by atoms with Gasteiger partial charge in [0.15, 0.2) is 0 Å². The van der Waals surface area contributed by atoms with Crippen LogP contribution in [0.1, 0.15) is 43.5 Å². The van der Waals surface area contributed by atoms with Crippen molar-refractivity contribution in [3.63, 3.8) is 0 Å². The molecule has 1 aromatic carbocycles. The van der Waals surface area contributed by atoms with Gasteiger partial charge < -0.3 is 5.11 Å². The van der Waals surface area contributed by atoms with Gasteiger partial charge in [0.05, 0.1) is 0 Å². The van der Waals surface area contributed by atoms with Crippen LogP contribution >= 0.6 is 0 Å². The predicted molar refractivity (Wildman–Crippen MR) is 73.8 cm³/mol. The zero-order valence-corrected chi connectivity index (χ0v) is 12.1. The van der Waals surface area contributed by atoms with Gasteiger partial charge in [-0.05, 0) is 52.8 Å². The minimum absolute atomic E-state index is 0.0664. The van der Waals surface area contributed by atoms with E-state index in [-0.39, 0.29) is 6.04 Å². The van der Waals surface area contributed by atoms with E-state index in [1.54, 1.807) is 13.8 Å². The van der Waals surface area contributed by atoms with Gasteiger partial charge in [-0.2, -0.15) is 0 Å². The Bertz CT molecular complexity index is 452. The van der Waals surface area contributed by atoms with Crippen LogP contribution in [-0.4, -0.2) is 28.6 Å². The van der Waals surface area contributed by atoms with Gasteiger partial charge in [0, 0.05) is 6.04 Å². The molecule has 0 bridgehead atoms. The van der Waals surface area contributed by atoms with Crippen molar-refractivity contribution in [1.82, 2.24) is 4.90 Å². The highest BCUT2D eigenvalue weighted by Crippen LogP contribution is 2.28. The second-order valence-corrected chi connectivity index (χ2v) is 5.51. The number of rotatable bonds is 4. The lowest BCUT2D eigenvalue weighted by molar-refractivity contribution is -0.149. The number of likely N-dealkylation sites (N-methyl/N-ethyl adjacent to an activating group) is 1. The topological polar surface area (TPSA) is 40.5 Å². The number of nitrogens with zero attached hydrogens (tertiary/aromatic N) is 1. The molecule has 3 heteroatoms. The summed E-state index contributed by atoms with van der Waals surface area (Å²) in [5.74, 6) is -0.804. The first kappa shape index (κ1) is 14.7. The van der Waals surface area contributed by atoms with Crippen LogP contribution in [0.5, 0.6) is 0 Å². The number of hydrogen-bond acceptors (Lipinski definition) is 2. The summed E-state index contributed by atoms with van der Waals surface area (Å²) >= 11 is 0. The molecule has 0 spiro atoms. The molecule has 1 unspecified atom stereocenters. The van der Waals surface area contributed by atoms with E-state index in [2.05, 4.69) is 32.0 Å². The van der Waals surface area contributed by atoms with Crippen LogP contribution in [0.4, 0.5) is 0 Å². The third-order valence-corrected chi connectivity index (χ3v) is 3.86. The number of carbonyl (C=O) groups is 1. The van der Waals surface area contributed by atoms with E-state index in [0.717, 1.165) is 0 Å². The van der Waals surface area contributed by atoms with Crippen LogP contribution in [0, 0.1) is 13.8 Å². The third-order valence-electron chi connectivity index (χ3n) is 3.86. The highest BCUT2D eigenvalue weighted by molar-refractivity contribution is 5.77. The van der Waals surface area contributed by atoms with Gasteiger partial charge in [-0.25, -0.2) is 0 Å². The van der Waals surface area contributed by atoms with Crippen LogP contribution < -0.4 is 0 Å². The number of carboxylic acids is 1. The van der Waals surface area contributed by atoms with Gasteiger partial charge >= 0.3 is 5.97 Å². The normalized spacial score (nSPS) is 13.7. The lowest BCUT2D eigenvalue weighted by atomic mass is 9.95. The zero-order valence-electron chi connectivity index (χ0n) is 12.1. The smallest absolute Gasteiger partial charge is 0.323 e. The highest BCUT2D eigenvalue weighted by Gasteiger charge is 2.35. The number of hydrogen-bond donors (Lipinski definition) is 1. The summed E-state index contributed by atoms with van der Waals surface area (Å²) in [5.41, 5.74) is 2.73. The van der Waals surface area contributed by atoms with Crippen molar-refractivity contribution < 1.29 is 9.90 Å². The summed E-state index contributed by atoms with van der Waals surface area (Å²) in [6, 6.07) is 6.36. The Kier molecular flexibility index (Phi) is 4.17. The van der Waals surface area contributed by atoms with Crippen LogP contribution in [0.25, 0.3) is 0 Å². The van der Waals surface area contributed by atoms with Crippen LogP contribution in [-0.2, 0) is 4.79 Å². The molecule has 1 rings (SSSR count). The van der Waals surface area contributed by atoms with Crippen molar-refractivity contribution >= 4 is 5.97 Å². The molecule has 100 valence electrons. The van der Waals surface area contributed by atoms with Gasteiger partial charge in [-0.3, -0.25) is 9.69 Å². The largest absolute Gasteiger partial charge is 0.480 e. The molecular formula is C15H23NO2. The van der Waals surface area contributed by atoms with Crippen molar-refractivity contribution in [3.05, 3.63) is 34.9 Å². The Morgan fingerprint density at radius 1 is 1.33 bits per heavy atom. The van der Waals surface area contributed by atoms with E-state index in [1.807, 2.05) is 18.9 Å². The minimum atomic E-state index is -0.878. The molecule has 0 aromatic heterocycles. The Balaban J connectivity index is 3.07. The summed E-state index contributed by atoms with van der Waals surface area (Å²) < 4.78 is 0. The second kappa shape index (κ2) is 5.11. The molecule has 1 atom stereocenters. The first-order valence-corrected chi connectivity index (χ1v) is 6.21. The number of carboxylic acid groups (broad SMARTS) is 1.